The molecule has 0 fully saturated rings. The van der Waals surface area contributed by atoms with Crippen LogP contribution < -0.4 is 5.32 Å². The maximum absolute atomic E-state index is 6.22. The molecule has 0 heterocycles. The number of rotatable bonds is 5. The monoisotopic (exact) mass is 287 g/mol. The molecule has 0 amide bonds. The Labute approximate surface area is 127 Å². The van der Waals surface area contributed by atoms with Crippen molar-refractivity contribution in [3.63, 3.8) is 0 Å². The summed E-state index contributed by atoms with van der Waals surface area (Å²) in [5, 5.41) is 4.34. The highest BCUT2D eigenvalue weighted by Crippen LogP contribution is 2.22. The van der Waals surface area contributed by atoms with E-state index in [9.17, 15) is 0 Å². The fourth-order valence-corrected chi connectivity index (χ4v) is 2.53. The number of halogens is 1. The molecule has 0 aliphatic heterocycles. The van der Waals surface area contributed by atoms with E-state index in [1.165, 1.54) is 11.1 Å². The van der Waals surface area contributed by atoms with E-state index >= 15 is 0 Å². The van der Waals surface area contributed by atoms with Crippen LogP contribution in [0.5, 0.6) is 0 Å². The first kappa shape index (κ1) is 15.1. The Balaban J connectivity index is 1.96. The second kappa shape index (κ2) is 6.92. The molecule has 2 aromatic rings. The van der Waals surface area contributed by atoms with E-state index in [2.05, 4.69) is 56.4 Å². The number of benzene rings is 2. The van der Waals surface area contributed by atoms with Gasteiger partial charge >= 0.3 is 0 Å². The van der Waals surface area contributed by atoms with Crippen LogP contribution in [0.2, 0.25) is 5.02 Å². The summed E-state index contributed by atoms with van der Waals surface area (Å²) in [6, 6.07) is 17.1. The Morgan fingerprint density at radius 3 is 2.20 bits per heavy atom. The van der Waals surface area contributed by atoms with E-state index in [0.717, 1.165) is 17.1 Å². The van der Waals surface area contributed by atoms with Crippen molar-refractivity contribution in [3.05, 3.63) is 70.2 Å². The molecule has 106 valence electrons. The van der Waals surface area contributed by atoms with Crippen molar-refractivity contribution < 1.29 is 0 Å². The molecule has 2 aromatic carbocycles. The Morgan fingerprint density at radius 2 is 1.60 bits per heavy atom. The lowest BCUT2D eigenvalue weighted by Crippen LogP contribution is -2.18. The van der Waals surface area contributed by atoms with Crippen LogP contribution in [-0.2, 0) is 6.54 Å². The summed E-state index contributed by atoms with van der Waals surface area (Å²) in [6.07, 6.45) is 0. The van der Waals surface area contributed by atoms with Gasteiger partial charge in [0.25, 0.3) is 0 Å². The molecule has 0 spiro atoms. The van der Waals surface area contributed by atoms with Gasteiger partial charge in [-0.2, -0.15) is 0 Å². The van der Waals surface area contributed by atoms with Gasteiger partial charge in [-0.1, -0.05) is 67.9 Å². The standard InChI is InChI=1S/C18H22ClN/c1-13(2)16-10-8-15(9-11-16)12-20-14(3)17-6-4-5-7-18(17)19/h4-11,13-14,20H,12H2,1-3H3. The summed E-state index contributed by atoms with van der Waals surface area (Å²) in [5.74, 6) is 0.582. The lowest BCUT2D eigenvalue weighted by atomic mass is 10.0. The number of hydrogen-bond acceptors (Lipinski definition) is 1. The van der Waals surface area contributed by atoms with Crippen LogP contribution in [0.25, 0.3) is 0 Å². The van der Waals surface area contributed by atoms with Crippen LogP contribution in [0.15, 0.2) is 48.5 Å². The molecule has 0 aliphatic carbocycles. The molecule has 0 aromatic heterocycles. The first-order chi connectivity index (χ1) is 9.58. The van der Waals surface area contributed by atoms with Crippen LogP contribution in [0, 0.1) is 0 Å². The van der Waals surface area contributed by atoms with Crippen molar-refractivity contribution in [2.45, 2.75) is 39.3 Å². The molecule has 1 N–H and O–H groups in total. The Morgan fingerprint density at radius 1 is 0.950 bits per heavy atom. The van der Waals surface area contributed by atoms with Crippen LogP contribution in [0.1, 0.15) is 49.4 Å². The lowest BCUT2D eigenvalue weighted by Gasteiger charge is -2.16. The third-order valence-electron chi connectivity index (χ3n) is 3.63. The third-order valence-corrected chi connectivity index (χ3v) is 3.97. The Hall–Kier alpha value is -1.31. The van der Waals surface area contributed by atoms with Crippen molar-refractivity contribution in [2.75, 3.05) is 0 Å². The van der Waals surface area contributed by atoms with E-state index in [1.54, 1.807) is 0 Å². The van der Waals surface area contributed by atoms with Gasteiger partial charge in [0.1, 0.15) is 0 Å². The van der Waals surface area contributed by atoms with Crippen molar-refractivity contribution in [3.8, 4) is 0 Å². The van der Waals surface area contributed by atoms with Gasteiger partial charge in [0.05, 0.1) is 0 Å². The van der Waals surface area contributed by atoms with Gasteiger partial charge in [0.2, 0.25) is 0 Å². The molecule has 2 heteroatoms. The summed E-state index contributed by atoms with van der Waals surface area (Å²) >= 11 is 6.22. The van der Waals surface area contributed by atoms with Crippen molar-refractivity contribution in [1.29, 1.82) is 0 Å². The van der Waals surface area contributed by atoms with Crippen molar-refractivity contribution in [2.24, 2.45) is 0 Å². The van der Waals surface area contributed by atoms with E-state index < -0.39 is 0 Å². The highest BCUT2D eigenvalue weighted by molar-refractivity contribution is 6.31. The fourth-order valence-electron chi connectivity index (χ4n) is 2.23. The van der Waals surface area contributed by atoms with Crippen molar-refractivity contribution in [1.82, 2.24) is 5.32 Å². The van der Waals surface area contributed by atoms with E-state index in [4.69, 9.17) is 11.6 Å². The lowest BCUT2D eigenvalue weighted by molar-refractivity contribution is 0.575. The predicted octanol–water partition coefficient (Wildman–Crippen LogP) is 5.31. The summed E-state index contributed by atoms with van der Waals surface area (Å²) in [7, 11) is 0. The van der Waals surface area contributed by atoms with Gasteiger partial charge in [-0.15, -0.1) is 0 Å². The minimum Gasteiger partial charge on any atom is -0.306 e. The predicted molar refractivity (Wildman–Crippen MR) is 87.2 cm³/mol. The molecule has 0 bridgehead atoms. The van der Waals surface area contributed by atoms with Gasteiger partial charge in [0, 0.05) is 17.6 Å². The maximum atomic E-state index is 6.22. The van der Waals surface area contributed by atoms with Crippen molar-refractivity contribution >= 4 is 11.6 Å². The van der Waals surface area contributed by atoms with E-state index in [1.807, 2.05) is 18.2 Å². The topological polar surface area (TPSA) is 12.0 Å². The second-order valence-corrected chi connectivity index (χ2v) is 5.93. The summed E-state index contributed by atoms with van der Waals surface area (Å²) < 4.78 is 0. The average molecular weight is 288 g/mol. The minimum absolute atomic E-state index is 0.244. The first-order valence-corrected chi connectivity index (χ1v) is 7.52. The van der Waals surface area contributed by atoms with E-state index in [-0.39, 0.29) is 6.04 Å². The summed E-state index contributed by atoms with van der Waals surface area (Å²) in [4.78, 5) is 0. The Bertz CT molecular complexity index is 546. The van der Waals surface area contributed by atoms with Gasteiger partial charge in [-0.25, -0.2) is 0 Å². The van der Waals surface area contributed by atoms with Gasteiger partial charge in [0.15, 0.2) is 0 Å². The molecule has 0 aliphatic rings. The molecule has 20 heavy (non-hydrogen) atoms. The van der Waals surface area contributed by atoms with Gasteiger partial charge in [-0.3, -0.25) is 0 Å². The zero-order valence-electron chi connectivity index (χ0n) is 12.4. The first-order valence-electron chi connectivity index (χ1n) is 7.14. The molecule has 1 unspecified atom stereocenters. The molecule has 1 nitrogen and oxygen atoms in total. The zero-order valence-corrected chi connectivity index (χ0v) is 13.1. The van der Waals surface area contributed by atoms with Crippen LogP contribution >= 0.6 is 11.6 Å². The minimum atomic E-state index is 0.244. The highest BCUT2D eigenvalue weighted by atomic mass is 35.5. The summed E-state index contributed by atoms with van der Waals surface area (Å²) in [5.41, 5.74) is 3.83. The third kappa shape index (κ3) is 3.84. The molecule has 0 saturated carbocycles. The summed E-state index contributed by atoms with van der Waals surface area (Å²) in [6.45, 7) is 7.42. The molecule has 0 radical (unpaired) electrons. The average Bonchev–Trinajstić information content (AvgIpc) is 2.45. The number of hydrogen-bond donors (Lipinski definition) is 1. The molecule has 1 atom stereocenters. The molecular weight excluding hydrogens is 266 g/mol. The quantitative estimate of drug-likeness (QED) is 0.785. The van der Waals surface area contributed by atoms with Crippen LogP contribution in [-0.4, -0.2) is 0 Å². The maximum Gasteiger partial charge on any atom is 0.0453 e. The van der Waals surface area contributed by atoms with Crippen LogP contribution in [0.3, 0.4) is 0 Å². The molecule has 0 saturated heterocycles. The largest absolute Gasteiger partial charge is 0.306 e. The Kier molecular flexibility index (Phi) is 5.22. The second-order valence-electron chi connectivity index (χ2n) is 5.52. The van der Waals surface area contributed by atoms with Gasteiger partial charge in [-0.05, 0) is 35.6 Å². The molecular formula is C18H22ClN. The highest BCUT2D eigenvalue weighted by Gasteiger charge is 2.08. The fraction of sp³-hybridized carbons (Fsp3) is 0.333. The van der Waals surface area contributed by atoms with E-state index in [0.29, 0.717) is 5.92 Å². The smallest absolute Gasteiger partial charge is 0.0453 e. The van der Waals surface area contributed by atoms with Gasteiger partial charge < -0.3 is 5.32 Å². The molecule has 2 rings (SSSR count). The number of nitrogens with one attached hydrogen (secondary N) is 1. The normalized spacial score (nSPS) is 12.7. The van der Waals surface area contributed by atoms with Crippen LogP contribution in [0.4, 0.5) is 0 Å². The SMILES string of the molecule is CC(C)c1ccc(CNC(C)c2ccccc2Cl)cc1. The zero-order chi connectivity index (χ0) is 14.5.